The predicted octanol–water partition coefficient (Wildman–Crippen LogP) is 1.88. The lowest BCUT2D eigenvalue weighted by Crippen LogP contribution is -2.30. The van der Waals surface area contributed by atoms with Gasteiger partial charge in [-0.25, -0.2) is 4.98 Å². The summed E-state index contributed by atoms with van der Waals surface area (Å²) in [6, 6.07) is 6.43. The minimum Gasteiger partial charge on any atom is -0.383 e. The highest BCUT2D eigenvalue weighted by atomic mass is 16.5. The number of aryl methyl sites for hydroxylation is 1. The quantitative estimate of drug-likeness (QED) is 0.776. The Morgan fingerprint density at radius 1 is 1.53 bits per heavy atom. The Balaban J connectivity index is 2.22. The van der Waals surface area contributed by atoms with Crippen molar-refractivity contribution in [3.63, 3.8) is 0 Å². The van der Waals surface area contributed by atoms with Crippen LogP contribution >= 0.6 is 0 Å². The average molecular weight is 231 g/mol. The fraction of sp³-hybridized carbons (Fsp3) is 0.538. The summed E-state index contributed by atoms with van der Waals surface area (Å²) in [7, 11) is 1.70. The first-order valence-electron chi connectivity index (χ1n) is 5.89. The molecule has 0 saturated heterocycles. The van der Waals surface area contributed by atoms with Crippen molar-refractivity contribution >= 4 is 5.82 Å². The van der Waals surface area contributed by atoms with Crippen molar-refractivity contribution in [2.45, 2.75) is 25.8 Å². The fourth-order valence-electron chi connectivity index (χ4n) is 1.92. The van der Waals surface area contributed by atoms with Crippen LogP contribution in [0.2, 0.25) is 0 Å². The van der Waals surface area contributed by atoms with Gasteiger partial charge in [-0.3, -0.25) is 0 Å². The molecular formula is C13H17N3O. The summed E-state index contributed by atoms with van der Waals surface area (Å²) >= 11 is 0. The molecule has 0 unspecified atom stereocenters. The maximum atomic E-state index is 8.98. The number of methoxy groups -OCH3 is 1. The first-order valence-corrected chi connectivity index (χ1v) is 5.89. The minimum absolute atomic E-state index is 0.575. The molecule has 1 aromatic heterocycles. The van der Waals surface area contributed by atoms with Crippen molar-refractivity contribution in [3.8, 4) is 6.07 Å². The van der Waals surface area contributed by atoms with E-state index < -0.39 is 0 Å². The molecule has 1 saturated carbocycles. The molecule has 0 N–H and O–H groups in total. The lowest BCUT2D eigenvalue weighted by Gasteiger charge is -2.23. The van der Waals surface area contributed by atoms with Gasteiger partial charge in [-0.2, -0.15) is 5.26 Å². The van der Waals surface area contributed by atoms with Crippen molar-refractivity contribution in [1.29, 1.82) is 5.26 Å². The van der Waals surface area contributed by atoms with E-state index in [4.69, 9.17) is 10.00 Å². The van der Waals surface area contributed by atoms with Crippen molar-refractivity contribution < 1.29 is 4.74 Å². The third kappa shape index (κ3) is 2.95. The van der Waals surface area contributed by atoms with Gasteiger partial charge in [-0.15, -0.1) is 0 Å². The summed E-state index contributed by atoms with van der Waals surface area (Å²) in [6.45, 7) is 3.45. The molecule has 0 bridgehead atoms. The van der Waals surface area contributed by atoms with Crippen molar-refractivity contribution in [2.75, 3.05) is 25.2 Å². The lowest BCUT2D eigenvalue weighted by molar-refractivity contribution is 0.204. The van der Waals surface area contributed by atoms with E-state index in [0.29, 0.717) is 18.2 Å². The van der Waals surface area contributed by atoms with Crippen LogP contribution in [-0.4, -0.2) is 31.3 Å². The highest BCUT2D eigenvalue weighted by molar-refractivity contribution is 5.48. The van der Waals surface area contributed by atoms with E-state index in [1.54, 1.807) is 7.11 Å². The van der Waals surface area contributed by atoms with Crippen LogP contribution in [0.1, 0.15) is 24.1 Å². The van der Waals surface area contributed by atoms with Crippen LogP contribution in [0.15, 0.2) is 12.1 Å². The second-order valence-corrected chi connectivity index (χ2v) is 4.38. The number of hydrogen-bond donors (Lipinski definition) is 0. The highest BCUT2D eigenvalue weighted by Gasteiger charge is 2.29. The summed E-state index contributed by atoms with van der Waals surface area (Å²) in [4.78, 5) is 6.76. The molecule has 0 atom stereocenters. The standard InChI is InChI=1S/C13H17N3O/c1-10-7-11(9-14)8-13(15-10)16(5-6-17-2)12-3-4-12/h7-8,12H,3-6H2,1-2H3. The molecule has 0 aliphatic heterocycles. The van der Waals surface area contributed by atoms with Gasteiger partial charge in [0.1, 0.15) is 5.82 Å². The van der Waals surface area contributed by atoms with E-state index in [2.05, 4.69) is 16.0 Å². The molecular weight excluding hydrogens is 214 g/mol. The van der Waals surface area contributed by atoms with Crippen molar-refractivity contribution in [3.05, 3.63) is 23.4 Å². The Bertz CT molecular complexity index is 435. The summed E-state index contributed by atoms with van der Waals surface area (Å²) in [5.74, 6) is 0.904. The fourth-order valence-corrected chi connectivity index (χ4v) is 1.92. The molecule has 0 amide bonds. The zero-order valence-corrected chi connectivity index (χ0v) is 10.3. The summed E-state index contributed by atoms with van der Waals surface area (Å²) in [5, 5.41) is 8.98. The molecule has 1 aliphatic carbocycles. The largest absolute Gasteiger partial charge is 0.383 e. The van der Waals surface area contributed by atoms with E-state index >= 15 is 0 Å². The number of ether oxygens (including phenoxy) is 1. The molecule has 0 radical (unpaired) electrons. The van der Waals surface area contributed by atoms with Gasteiger partial charge in [0, 0.05) is 25.4 Å². The number of nitrogens with zero attached hydrogens (tertiary/aromatic N) is 3. The topological polar surface area (TPSA) is 49.1 Å². The molecule has 17 heavy (non-hydrogen) atoms. The van der Waals surface area contributed by atoms with E-state index in [0.717, 1.165) is 18.1 Å². The Morgan fingerprint density at radius 3 is 2.88 bits per heavy atom. The Hall–Kier alpha value is -1.60. The van der Waals surface area contributed by atoms with Crippen molar-refractivity contribution in [2.24, 2.45) is 0 Å². The van der Waals surface area contributed by atoms with E-state index in [-0.39, 0.29) is 0 Å². The molecule has 4 nitrogen and oxygen atoms in total. The second-order valence-electron chi connectivity index (χ2n) is 4.38. The molecule has 4 heteroatoms. The molecule has 1 heterocycles. The molecule has 1 fully saturated rings. The van der Waals surface area contributed by atoms with Gasteiger partial charge in [-0.1, -0.05) is 0 Å². The molecule has 0 spiro atoms. The van der Waals surface area contributed by atoms with Crippen LogP contribution in [0.25, 0.3) is 0 Å². The van der Waals surface area contributed by atoms with Crippen molar-refractivity contribution in [1.82, 2.24) is 4.98 Å². The zero-order chi connectivity index (χ0) is 12.3. The number of hydrogen-bond acceptors (Lipinski definition) is 4. The third-order valence-corrected chi connectivity index (χ3v) is 2.89. The lowest BCUT2D eigenvalue weighted by atomic mass is 10.2. The highest BCUT2D eigenvalue weighted by Crippen LogP contribution is 2.30. The number of nitriles is 1. The molecule has 0 aromatic carbocycles. The van der Waals surface area contributed by atoms with Crippen LogP contribution in [0, 0.1) is 18.3 Å². The number of rotatable bonds is 5. The summed E-state index contributed by atoms with van der Waals surface area (Å²) in [5.41, 5.74) is 1.57. The third-order valence-electron chi connectivity index (χ3n) is 2.89. The number of anilines is 1. The van der Waals surface area contributed by atoms with Gasteiger partial charge < -0.3 is 9.64 Å². The average Bonchev–Trinajstić information content (AvgIpc) is 3.13. The van der Waals surface area contributed by atoms with Crippen LogP contribution < -0.4 is 4.90 Å². The predicted molar refractivity (Wildman–Crippen MR) is 65.9 cm³/mol. The van der Waals surface area contributed by atoms with Gasteiger partial charge in [0.05, 0.1) is 18.2 Å². The SMILES string of the molecule is COCCN(c1cc(C#N)cc(C)n1)C1CC1. The second kappa shape index (κ2) is 5.15. The number of pyridine rings is 1. The van der Waals surface area contributed by atoms with Crippen LogP contribution in [-0.2, 0) is 4.74 Å². The van der Waals surface area contributed by atoms with Crippen LogP contribution in [0.4, 0.5) is 5.82 Å². The summed E-state index contributed by atoms with van der Waals surface area (Å²) < 4.78 is 5.12. The van der Waals surface area contributed by atoms with Gasteiger partial charge in [-0.05, 0) is 31.9 Å². The summed E-state index contributed by atoms with van der Waals surface area (Å²) in [6.07, 6.45) is 2.42. The Morgan fingerprint density at radius 2 is 2.29 bits per heavy atom. The number of aromatic nitrogens is 1. The maximum Gasteiger partial charge on any atom is 0.130 e. The molecule has 90 valence electrons. The zero-order valence-electron chi connectivity index (χ0n) is 10.3. The van der Waals surface area contributed by atoms with E-state index in [1.807, 2.05) is 19.1 Å². The maximum absolute atomic E-state index is 8.98. The normalized spacial score (nSPS) is 14.4. The smallest absolute Gasteiger partial charge is 0.130 e. The first kappa shape index (κ1) is 11.9. The van der Waals surface area contributed by atoms with E-state index in [1.165, 1.54) is 12.8 Å². The Labute approximate surface area is 102 Å². The molecule has 1 aliphatic rings. The van der Waals surface area contributed by atoms with E-state index in [9.17, 15) is 0 Å². The monoisotopic (exact) mass is 231 g/mol. The van der Waals surface area contributed by atoms with Crippen LogP contribution in [0.3, 0.4) is 0 Å². The van der Waals surface area contributed by atoms with Gasteiger partial charge in [0.25, 0.3) is 0 Å². The molecule has 1 aromatic rings. The van der Waals surface area contributed by atoms with Gasteiger partial charge in [0.2, 0.25) is 0 Å². The minimum atomic E-state index is 0.575. The first-order chi connectivity index (χ1) is 8.24. The van der Waals surface area contributed by atoms with Gasteiger partial charge >= 0.3 is 0 Å². The van der Waals surface area contributed by atoms with Crippen LogP contribution in [0.5, 0.6) is 0 Å². The Kier molecular flexibility index (Phi) is 3.60. The van der Waals surface area contributed by atoms with Gasteiger partial charge in [0.15, 0.2) is 0 Å². The molecule has 2 rings (SSSR count).